The third-order valence-corrected chi connectivity index (χ3v) is 2.53. The van der Waals surface area contributed by atoms with E-state index in [0.29, 0.717) is 5.92 Å². The van der Waals surface area contributed by atoms with Crippen molar-refractivity contribution >= 4 is 5.78 Å². The predicted molar refractivity (Wildman–Crippen MR) is 54.4 cm³/mol. The van der Waals surface area contributed by atoms with Gasteiger partial charge in [0, 0.05) is 12.0 Å². The fourth-order valence-corrected chi connectivity index (χ4v) is 1.59. The summed E-state index contributed by atoms with van der Waals surface area (Å²) in [5, 5.41) is 9.71. The third-order valence-electron chi connectivity index (χ3n) is 2.53. The number of nitrogens with zero attached hydrogens (tertiary/aromatic N) is 1. The van der Waals surface area contributed by atoms with Crippen LogP contribution < -0.4 is 4.74 Å². The molecule has 0 aliphatic heterocycles. The molecule has 2 rings (SSSR count). The molecule has 15 heavy (non-hydrogen) atoms. The van der Waals surface area contributed by atoms with Crippen molar-refractivity contribution < 1.29 is 14.6 Å². The highest BCUT2D eigenvalue weighted by Crippen LogP contribution is 2.42. The zero-order chi connectivity index (χ0) is 11.0. The third kappa shape index (κ3) is 1.79. The smallest absolute Gasteiger partial charge is 0.228 e. The van der Waals surface area contributed by atoms with Crippen LogP contribution in [0.4, 0.5) is 0 Å². The quantitative estimate of drug-likeness (QED) is 0.769. The zero-order valence-electron chi connectivity index (χ0n) is 8.78. The van der Waals surface area contributed by atoms with Crippen molar-refractivity contribution in [2.24, 2.45) is 0 Å². The van der Waals surface area contributed by atoms with E-state index in [0.717, 1.165) is 18.5 Å². The van der Waals surface area contributed by atoms with Gasteiger partial charge in [-0.2, -0.15) is 0 Å². The number of ketones is 1. The fourth-order valence-electron chi connectivity index (χ4n) is 1.59. The highest BCUT2D eigenvalue weighted by Gasteiger charge is 2.28. The molecule has 0 atom stereocenters. The van der Waals surface area contributed by atoms with Crippen molar-refractivity contribution in [2.75, 3.05) is 7.11 Å². The summed E-state index contributed by atoms with van der Waals surface area (Å²) >= 11 is 0. The molecule has 1 fully saturated rings. The maximum absolute atomic E-state index is 11.3. The molecular weight excluding hydrogens is 194 g/mol. The molecule has 0 aromatic carbocycles. The highest BCUT2D eigenvalue weighted by molar-refractivity contribution is 5.98. The summed E-state index contributed by atoms with van der Waals surface area (Å²) in [6.07, 6.45) is 2.18. The minimum Gasteiger partial charge on any atom is -0.507 e. The molecule has 1 aromatic heterocycles. The Labute approximate surface area is 87.9 Å². The van der Waals surface area contributed by atoms with Crippen molar-refractivity contribution in [2.45, 2.75) is 25.7 Å². The van der Waals surface area contributed by atoms with Crippen LogP contribution in [0.1, 0.15) is 41.7 Å². The second-order valence-electron chi connectivity index (χ2n) is 3.78. The SMILES string of the molecule is COc1nc(C2CC2)cc(O)c1C(C)=O. The number of aromatic nitrogens is 1. The van der Waals surface area contributed by atoms with E-state index in [4.69, 9.17) is 4.74 Å². The number of Topliss-reactive ketones (excluding diaryl/α,β-unsaturated/α-hetero) is 1. The Hall–Kier alpha value is -1.58. The Balaban J connectivity index is 2.50. The monoisotopic (exact) mass is 207 g/mol. The lowest BCUT2D eigenvalue weighted by atomic mass is 10.1. The lowest BCUT2D eigenvalue weighted by molar-refractivity contribution is 0.101. The molecule has 1 N–H and O–H groups in total. The molecule has 80 valence electrons. The molecule has 1 aliphatic rings. The molecule has 1 aromatic rings. The Morgan fingerprint density at radius 1 is 1.60 bits per heavy atom. The molecule has 1 aliphatic carbocycles. The van der Waals surface area contributed by atoms with Crippen molar-refractivity contribution in [3.63, 3.8) is 0 Å². The van der Waals surface area contributed by atoms with Gasteiger partial charge in [0.2, 0.25) is 5.88 Å². The topological polar surface area (TPSA) is 59.4 Å². The van der Waals surface area contributed by atoms with Crippen LogP contribution in [0, 0.1) is 0 Å². The molecule has 0 saturated heterocycles. The van der Waals surface area contributed by atoms with Gasteiger partial charge >= 0.3 is 0 Å². The molecule has 4 heteroatoms. The van der Waals surface area contributed by atoms with Gasteiger partial charge in [-0.1, -0.05) is 0 Å². The average molecular weight is 207 g/mol. The van der Waals surface area contributed by atoms with Gasteiger partial charge in [-0.25, -0.2) is 4.98 Å². The molecule has 4 nitrogen and oxygen atoms in total. The van der Waals surface area contributed by atoms with Gasteiger partial charge in [-0.05, 0) is 19.8 Å². The summed E-state index contributed by atoms with van der Waals surface area (Å²) in [4.78, 5) is 15.5. The first-order chi connectivity index (χ1) is 7.13. The van der Waals surface area contributed by atoms with Crippen LogP contribution in [0.25, 0.3) is 0 Å². The average Bonchev–Trinajstić information content (AvgIpc) is 2.98. The van der Waals surface area contributed by atoms with Gasteiger partial charge in [0.1, 0.15) is 11.3 Å². The number of carbonyl (C=O) groups is 1. The van der Waals surface area contributed by atoms with E-state index in [9.17, 15) is 9.90 Å². The number of hydrogen-bond acceptors (Lipinski definition) is 4. The van der Waals surface area contributed by atoms with Gasteiger partial charge in [-0.15, -0.1) is 0 Å². The van der Waals surface area contributed by atoms with E-state index in [1.54, 1.807) is 6.07 Å². The standard InChI is InChI=1S/C11H13NO3/c1-6(13)10-9(14)5-8(7-3-4-7)12-11(10)15-2/h5,7H,3-4H2,1-2H3,(H,12,14). The number of pyridine rings is 1. The zero-order valence-corrected chi connectivity index (χ0v) is 8.78. The molecule has 0 amide bonds. The first-order valence-corrected chi connectivity index (χ1v) is 4.92. The van der Waals surface area contributed by atoms with E-state index in [2.05, 4.69) is 4.98 Å². The van der Waals surface area contributed by atoms with Crippen molar-refractivity contribution in [1.29, 1.82) is 0 Å². The molecule has 0 bridgehead atoms. The van der Waals surface area contributed by atoms with Crippen LogP contribution in [0.3, 0.4) is 0 Å². The maximum atomic E-state index is 11.3. The minimum atomic E-state index is -0.237. The van der Waals surface area contributed by atoms with Crippen LogP contribution in [-0.2, 0) is 0 Å². The van der Waals surface area contributed by atoms with Crippen LogP contribution in [0.5, 0.6) is 11.6 Å². The van der Waals surface area contributed by atoms with Gasteiger partial charge in [0.15, 0.2) is 5.78 Å². The largest absolute Gasteiger partial charge is 0.507 e. The maximum Gasteiger partial charge on any atom is 0.228 e. The normalized spacial score (nSPS) is 15.1. The number of rotatable bonds is 3. The Morgan fingerprint density at radius 2 is 2.27 bits per heavy atom. The van der Waals surface area contributed by atoms with E-state index in [1.807, 2.05) is 0 Å². The summed E-state index contributed by atoms with van der Waals surface area (Å²) in [5.41, 5.74) is 0.983. The molecule has 0 unspecified atom stereocenters. The van der Waals surface area contributed by atoms with E-state index in [1.165, 1.54) is 14.0 Å². The molecular formula is C11H13NO3. The van der Waals surface area contributed by atoms with Crippen LogP contribution in [-0.4, -0.2) is 23.0 Å². The number of aromatic hydroxyl groups is 1. The van der Waals surface area contributed by atoms with Gasteiger partial charge in [0.25, 0.3) is 0 Å². The number of carbonyl (C=O) groups excluding carboxylic acids is 1. The Kier molecular flexibility index (Phi) is 2.34. The van der Waals surface area contributed by atoms with Crippen molar-refractivity contribution in [3.05, 3.63) is 17.3 Å². The number of methoxy groups -OCH3 is 1. The first kappa shape index (κ1) is 9.96. The van der Waals surface area contributed by atoms with E-state index < -0.39 is 0 Å². The number of hydrogen-bond donors (Lipinski definition) is 1. The second kappa shape index (κ2) is 3.53. The highest BCUT2D eigenvalue weighted by atomic mass is 16.5. The fraction of sp³-hybridized carbons (Fsp3) is 0.455. The predicted octanol–water partition coefficient (Wildman–Crippen LogP) is 1.88. The molecule has 1 heterocycles. The van der Waals surface area contributed by atoms with Gasteiger partial charge in [0.05, 0.1) is 12.8 Å². The molecule has 0 spiro atoms. The van der Waals surface area contributed by atoms with Crippen molar-refractivity contribution in [3.8, 4) is 11.6 Å². The first-order valence-electron chi connectivity index (χ1n) is 4.92. The van der Waals surface area contributed by atoms with Crippen LogP contribution in [0.2, 0.25) is 0 Å². The lowest BCUT2D eigenvalue weighted by Gasteiger charge is -2.09. The van der Waals surface area contributed by atoms with Crippen molar-refractivity contribution in [1.82, 2.24) is 4.98 Å². The summed E-state index contributed by atoms with van der Waals surface area (Å²) < 4.78 is 5.01. The van der Waals surface area contributed by atoms with Crippen LogP contribution >= 0.6 is 0 Å². The van der Waals surface area contributed by atoms with E-state index in [-0.39, 0.29) is 23.0 Å². The van der Waals surface area contributed by atoms with Gasteiger partial charge in [-0.3, -0.25) is 4.79 Å². The Morgan fingerprint density at radius 3 is 2.73 bits per heavy atom. The summed E-state index contributed by atoms with van der Waals surface area (Å²) in [6.45, 7) is 1.38. The van der Waals surface area contributed by atoms with Crippen LogP contribution in [0.15, 0.2) is 6.07 Å². The summed E-state index contributed by atoms with van der Waals surface area (Å²) in [6, 6.07) is 1.57. The molecule has 1 saturated carbocycles. The second-order valence-corrected chi connectivity index (χ2v) is 3.78. The summed E-state index contributed by atoms with van der Waals surface area (Å²) in [7, 11) is 1.45. The van der Waals surface area contributed by atoms with Gasteiger partial charge < -0.3 is 9.84 Å². The number of ether oxygens (including phenoxy) is 1. The summed E-state index contributed by atoms with van der Waals surface area (Å²) in [5.74, 6) is 0.380. The molecule has 0 radical (unpaired) electrons. The Bertz CT molecular complexity index is 411. The van der Waals surface area contributed by atoms with E-state index >= 15 is 0 Å². The minimum absolute atomic E-state index is 0.0312. The lowest BCUT2D eigenvalue weighted by Crippen LogP contribution is -2.02.